The molecule has 8 atom stereocenters. The van der Waals surface area contributed by atoms with Gasteiger partial charge in [0.1, 0.15) is 48.2 Å². The molecule has 7 unspecified atom stereocenters. The van der Waals surface area contributed by atoms with Gasteiger partial charge in [0.05, 0.1) is 48.1 Å². The van der Waals surface area contributed by atoms with Gasteiger partial charge in [0.15, 0.2) is 17.9 Å². The quantitative estimate of drug-likeness (QED) is 0.0516. The number of hydrogen-bond donors (Lipinski definition) is 11. The van der Waals surface area contributed by atoms with E-state index in [1.807, 2.05) is 0 Å². The molecular formula is C46H56N6O16. The summed E-state index contributed by atoms with van der Waals surface area (Å²) in [6.07, 6.45) is -7.24. The third-order valence-corrected chi connectivity index (χ3v) is 12.3. The molecule has 22 heteroatoms. The molecule has 13 N–H and O–H groups in total. The Hall–Kier alpha value is -6.69. The van der Waals surface area contributed by atoms with Crippen LogP contribution in [-0.2, 0) is 41.6 Å². The van der Waals surface area contributed by atoms with E-state index in [4.69, 9.17) is 30.4 Å². The molecule has 2 aliphatic carbocycles. The Kier molecular flexibility index (Phi) is 15.7. The van der Waals surface area contributed by atoms with Gasteiger partial charge >= 0.3 is 12.1 Å². The highest BCUT2D eigenvalue weighted by atomic mass is 16.7. The van der Waals surface area contributed by atoms with Gasteiger partial charge in [-0.2, -0.15) is 0 Å². The number of alkyl carbamates (subject to hydrolysis) is 1. The Morgan fingerprint density at radius 2 is 1.66 bits per heavy atom. The first kappa shape index (κ1) is 50.7. The van der Waals surface area contributed by atoms with E-state index in [1.165, 1.54) is 32.2 Å². The number of fused-ring (bicyclic) bond motifs is 3. The lowest BCUT2D eigenvalue weighted by molar-refractivity contribution is -0.249. The number of ketones is 3. The third kappa shape index (κ3) is 10.7. The average molecular weight is 949 g/mol. The molecule has 0 bridgehead atoms. The van der Waals surface area contributed by atoms with Gasteiger partial charge in [-0.25, -0.2) is 9.59 Å². The van der Waals surface area contributed by atoms with E-state index >= 15 is 0 Å². The highest BCUT2D eigenvalue weighted by Gasteiger charge is 2.50. The van der Waals surface area contributed by atoms with Gasteiger partial charge in [0.2, 0.25) is 17.6 Å². The smallest absolute Gasteiger partial charge is 0.407 e. The number of aliphatic hydroxyl groups is 3. The molecule has 5 amide bonds. The number of hydrogen-bond acceptors (Lipinski definition) is 17. The summed E-state index contributed by atoms with van der Waals surface area (Å²) in [5, 5.41) is 66.3. The number of nitrogens with two attached hydrogens (primary N) is 2. The number of nitrogens with one attached hydrogen (secondary N) is 4. The summed E-state index contributed by atoms with van der Waals surface area (Å²) >= 11 is 0. The summed E-state index contributed by atoms with van der Waals surface area (Å²) in [4.78, 5) is 91.0. The highest BCUT2D eigenvalue weighted by molar-refractivity contribution is 6.31. The summed E-state index contributed by atoms with van der Waals surface area (Å²) in [6.45, 7) is 3.81. The number of ether oxygens (including phenoxy) is 4. The fourth-order valence-corrected chi connectivity index (χ4v) is 8.47. The van der Waals surface area contributed by atoms with Gasteiger partial charge in [-0.1, -0.05) is 38.1 Å². The summed E-state index contributed by atoms with van der Waals surface area (Å²) < 4.78 is 22.9. The first-order chi connectivity index (χ1) is 32.2. The maximum Gasteiger partial charge on any atom is 0.407 e. The number of phenols is 2. The predicted octanol–water partition coefficient (Wildman–Crippen LogP) is 0.824. The number of amides is 5. The van der Waals surface area contributed by atoms with Crippen molar-refractivity contribution in [1.29, 1.82) is 0 Å². The Bertz CT molecular complexity index is 2460. The molecular weight excluding hydrogens is 893 g/mol. The van der Waals surface area contributed by atoms with E-state index in [0.717, 1.165) is 0 Å². The summed E-state index contributed by atoms with van der Waals surface area (Å²) in [5.74, 6) is -5.55. The van der Waals surface area contributed by atoms with Crippen molar-refractivity contribution >= 4 is 47.0 Å². The lowest BCUT2D eigenvalue weighted by atomic mass is 9.72. The fourth-order valence-electron chi connectivity index (χ4n) is 8.47. The molecule has 3 aliphatic rings. The fraction of sp³-hybridized carbons (Fsp3) is 0.457. The van der Waals surface area contributed by atoms with Crippen LogP contribution in [0.1, 0.15) is 101 Å². The highest BCUT2D eigenvalue weighted by Crippen LogP contribution is 2.52. The first-order valence-electron chi connectivity index (χ1n) is 21.8. The number of rotatable bonds is 17. The van der Waals surface area contributed by atoms with Crippen LogP contribution in [0.15, 0.2) is 42.5 Å². The van der Waals surface area contributed by atoms with Crippen molar-refractivity contribution in [3.63, 3.8) is 0 Å². The van der Waals surface area contributed by atoms with Crippen LogP contribution in [-0.4, -0.2) is 129 Å². The van der Waals surface area contributed by atoms with Crippen LogP contribution in [0.4, 0.5) is 15.3 Å². The molecule has 22 nitrogen and oxygen atoms in total. The minimum atomic E-state index is -2.40. The van der Waals surface area contributed by atoms with Gasteiger partial charge in [-0.3, -0.25) is 24.0 Å². The van der Waals surface area contributed by atoms with E-state index in [0.29, 0.717) is 17.7 Å². The van der Waals surface area contributed by atoms with Gasteiger partial charge in [0.25, 0.3) is 0 Å². The molecule has 0 spiro atoms. The largest absolute Gasteiger partial charge is 0.507 e. The number of phenolic OH excluding ortho intramolecular Hbond substituents is 2. The number of primary amides is 1. The number of carbonyl (C=O) groups is 7. The van der Waals surface area contributed by atoms with Crippen molar-refractivity contribution in [2.24, 2.45) is 17.4 Å². The number of aliphatic hydroxyl groups excluding tert-OH is 2. The van der Waals surface area contributed by atoms with Gasteiger partial charge in [-0.15, -0.1) is 0 Å². The second-order valence-corrected chi connectivity index (χ2v) is 17.3. The first-order valence-corrected chi connectivity index (χ1v) is 21.8. The van der Waals surface area contributed by atoms with E-state index in [2.05, 4.69) is 21.3 Å². The zero-order valence-electron chi connectivity index (χ0n) is 37.7. The Morgan fingerprint density at radius 1 is 0.971 bits per heavy atom. The molecule has 6 rings (SSSR count). The van der Waals surface area contributed by atoms with Crippen LogP contribution in [0, 0.1) is 5.92 Å². The lowest BCUT2D eigenvalue weighted by Gasteiger charge is -2.42. The number of methoxy groups -OCH3 is 1. The third-order valence-electron chi connectivity index (χ3n) is 12.3. The van der Waals surface area contributed by atoms with Crippen LogP contribution in [0.25, 0.3) is 0 Å². The maximum absolute atomic E-state index is 14.0. The SMILES string of the molecule is COc1cccc2c1C(=O)c1c(O)c3c(c(O)c1C2=O)C[C@@](O)(C(=O)CO)CC3OC1CC(NC(=O)OCc2ccc(NC(=O)C(CCCNC(N)=O)NC(=O)C(N)C(C)C)cc2)C(O)C(C)O1. The van der Waals surface area contributed by atoms with Crippen molar-refractivity contribution in [2.75, 3.05) is 25.6 Å². The Morgan fingerprint density at radius 3 is 2.31 bits per heavy atom. The van der Waals surface area contributed by atoms with Crippen LogP contribution >= 0.6 is 0 Å². The van der Waals surface area contributed by atoms with Crippen molar-refractivity contribution in [2.45, 2.75) is 108 Å². The van der Waals surface area contributed by atoms with Crippen LogP contribution in [0.2, 0.25) is 0 Å². The molecule has 3 aromatic rings. The molecule has 0 saturated carbocycles. The van der Waals surface area contributed by atoms with Crippen molar-refractivity contribution in [1.82, 2.24) is 16.0 Å². The molecule has 0 aromatic heterocycles. The average Bonchev–Trinajstić information content (AvgIpc) is 3.30. The number of carbonyl (C=O) groups excluding carboxylic acids is 7. The minimum absolute atomic E-state index is 0.0323. The molecule has 1 aliphatic heterocycles. The standard InChI is InChI=1S/C46H56N6O16/c1-20(2)36(47)43(61)51-26(8-6-14-49-44(48)62)42(60)50-23-12-10-22(11-13-23)19-66-45(63)52-27-15-31(67-21(3)37(27)55)68-29-17-46(64,30(54)18-53)16-25-33(29)41(59)35-34(39(25)57)38(56)24-7-5-9-28(65-4)32(24)40(35)58/h5,7,9-13,20-21,26-27,29,31,36-37,53,55,57,59,64H,6,8,14-19,47H2,1-4H3,(H,50,60)(H,51,61)(H,52,63)(H3,48,49,62)/t21?,26?,27?,29?,31?,36?,37?,46-/m0/s1. The van der Waals surface area contributed by atoms with Crippen LogP contribution in [0.3, 0.4) is 0 Å². The van der Waals surface area contributed by atoms with Crippen LogP contribution < -0.4 is 37.5 Å². The van der Waals surface area contributed by atoms with E-state index in [1.54, 1.807) is 38.1 Å². The molecule has 1 fully saturated rings. The Labute approximate surface area is 389 Å². The Balaban J connectivity index is 1.13. The minimum Gasteiger partial charge on any atom is -0.507 e. The van der Waals surface area contributed by atoms with E-state index < -0.39 is 132 Å². The zero-order valence-corrected chi connectivity index (χ0v) is 37.7. The maximum atomic E-state index is 14.0. The topological polar surface area (TPSA) is 358 Å². The van der Waals surface area contributed by atoms with Gasteiger partial charge < -0.3 is 77.2 Å². The number of benzene rings is 3. The van der Waals surface area contributed by atoms with E-state index in [9.17, 15) is 59.1 Å². The summed E-state index contributed by atoms with van der Waals surface area (Å²) in [7, 11) is 1.29. The second-order valence-electron chi connectivity index (χ2n) is 17.3. The number of Topliss-reactive ketones (excluding diaryl/α,β-unsaturated/α-hetero) is 1. The zero-order chi connectivity index (χ0) is 49.8. The molecule has 0 radical (unpaired) electrons. The predicted molar refractivity (Wildman–Crippen MR) is 238 cm³/mol. The molecule has 1 saturated heterocycles. The lowest BCUT2D eigenvalue weighted by Crippen LogP contribution is -2.56. The molecule has 366 valence electrons. The number of anilines is 1. The number of urea groups is 1. The molecule has 68 heavy (non-hydrogen) atoms. The van der Waals surface area contributed by atoms with Gasteiger partial charge in [0, 0.05) is 48.2 Å². The van der Waals surface area contributed by atoms with Crippen LogP contribution in [0.5, 0.6) is 17.2 Å². The summed E-state index contributed by atoms with van der Waals surface area (Å²) in [5.41, 5.74) is 7.62. The summed E-state index contributed by atoms with van der Waals surface area (Å²) in [6, 6.07) is 6.82. The van der Waals surface area contributed by atoms with Gasteiger partial charge in [-0.05, 0) is 49.4 Å². The van der Waals surface area contributed by atoms with Crippen molar-refractivity contribution in [3.8, 4) is 17.2 Å². The number of aromatic hydroxyl groups is 2. The second kappa shape index (κ2) is 21.1. The normalized spacial score (nSPS) is 22.7. The van der Waals surface area contributed by atoms with E-state index in [-0.39, 0.29) is 59.9 Å². The van der Waals surface area contributed by atoms with Crippen molar-refractivity contribution < 1.29 is 78.0 Å². The molecule has 3 aromatic carbocycles. The van der Waals surface area contributed by atoms with Crippen molar-refractivity contribution in [3.05, 3.63) is 81.4 Å². The monoisotopic (exact) mass is 948 g/mol. The molecule has 1 heterocycles.